The highest BCUT2D eigenvalue weighted by Gasteiger charge is 2.25. The van der Waals surface area contributed by atoms with E-state index in [1.54, 1.807) is 24.3 Å². The van der Waals surface area contributed by atoms with E-state index in [-0.39, 0.29) is 5.91 Å². The van der Waals surface area contributed by atoms with Gasteiger partial charge in [-0.25, -0.2) is 4.99 Å². The lowest BCUT2D eigenvalue weighted by Gasteiger charge is -2.31. The molecule has 0 atom stereocenters. The van der Waals surface area contributed by atoms with Gasteiger partial charge in [0.05, 0.1) is 44.9 Å². The molecular formula is C24H19Cl2N5O3S. The summed E-state index contributed by atoms with van der Waals surface area (Å²) in [6, 6.07) is 10.7. The minimum absolute atomic E-state index is 0.283. The van der Waals surface area contributed by atoms with Gasteiger partial charge in [-0.05, 0) is 47.7 Å². The first kappa shape index (κ1) is 23.6. The van der Waals surface area contributed by atoms with Crippen molar-refractivity contribution in [3.8, 4) is 0 Å². The van der Waals surface area contributed by atoms with Gasteiger partial charge in [-0.3, -0.25) is 14.6 Å². The molecule has 1 aromatic heterocycles. The monoisotopic (exact) mass is 527 g/mol. The number of carbonyl (C=O) groups is 2. The molecule has 2 aliphatic heterocycles. The second-order valence-electron chi connectivity index (χ2n) is 7.81. The highest BCUT2D eigenvalue weighted by atomic mass is 35.5. The number of amidine groups is 1. The summed E-state index contributed by atoms with van der Waals surface area (Å²) in [4.78, 5) is 36.2. The molecule has 35 heavy (non-hydrogen) atoms. The van der Waals surface area contributed by atoms with Gasteiger partial charge in [0, 0.05) is 24.7 Å². The first-order valence-corrected chi connectivity index (χ1v) is 12.3. The lowest BCUT2D eigenvalue weighted by Crippen LogP contribution is -2.37. The Labute approximate surface area is 215 Å². The van der Waals surface area contributed by atoms with Gasteiger partial charge in [-0.1, -0.05) is 35.3 Å². The molecule has 0 saturated carbocycles. The second kappa shape index (κ2) is 9.87. The van der Waals surface area contributed by atoms with Crippen molar-refractivity contribution in [2.45, 2.75) is 0 Å². The molecule has 2 aromatic carbocycles. The number of thioether (sulfide) groups is 1. The van der Waals surface area contributed by atoms with Gasteiger partial charge in [0.2, 0.25) is 0 Å². The molecule has 0 bridgehead atoms. The summed E-state index contributed by atoms with van der Waals surface area (Å²) < 4.78 is 5.47. The Morgan fingerprint density at radius 1 is 1.20 bits per heavy atom. The number of morpholine rings is 1. The van der Waals surface area contributed by atoms with Gasteiger partial charge in [0.15, 0.2) is 5.17 Å². The normalized spacial score (nSPS) is 18.5. The SMILES string of the molecule is NC(=O)c1cnc2ccc(/C=C3\SC(=Nc4c(Cl)cccc4Cl)NC3=O)cc2c1N1CCOCC1. The van der Waals surface area contributed by atoms with Crippen LogP contribution in [0.15, 0.2) is 52.5 Å². The highest BCUT2D eigenvalue weighted by molar-refractivity contribution is 8.18. The maximum atomic E-state index is 12.6. The summed E-state index contributed by atoms with van der Waals surface area (Å²) in [6.07, 6.45) is 3.27. The molecular weight excluding hydrogens is 509 g/mol. The van der Waals surface area contributed by atoms with Crippen molar-refractivity contribution < 1.29 is 14.3 Å². The highest BCUT2D eigenvalue weighted by Crippen LogP contribution is 2.36. The van der Waals surface area contributed by atoms with Crippen LogP contribution in [0.25, 0.3) is 17.0 Å². The Kier molecular flexibility index (Phi) is 6.66. The number of nitrogens with zero attached hydrogens (tertiary/aromatic N) is 3. The van der Waals surface area contributed by atoms with Gasteiger partial charge >= 0.3 is 0 Å². The van der Waals surface area contributed by atoms with E-state index in [9.17, 15) is 9.59 Å². The third-order valence-electron chi connectivity index (χ3n) is 5.56. The third-order valence-corrected chi connectivity index (χ3v) is 7.08. The second-order valence-corrected chi connectivity index (χ2v) is 9.66. The van der Waals surface area contributed by atoms with E-state index in [0.717, 1.165) is 22.2 Å². The zero-order valence-electron chi connectivity index (χ0n) is 18.3. The number of hydrogen-bond acceptors (Lipinski definition) is 7. The van der Waals surface area contributed by atoms with Gasteiger partial charge < -0.3 is 20.7 Å². The first-order valence-electron chi connectivity index (χ1n) is 10.7. The zero-order valence-corrected chi connectivity index (χ0v) is 20.6. The number of para-hydroxylation sites is 1. The van der Waals surface area contributed by atoms with Crippen LogP contribution in [0.1, 0.15) is 15.9 Å². The molecule has 11 heteroatoms. The van der Waals surface area contributed by atoms with E-state index >= 15 is 0 Å². The fourth-order valence-corrected chi connectivity index (χ4v) is 5.23. The number of rotatable bonds is 4. The molecule has 3 aromatic rings. The van der Waals surface area contributed by atoms with Crippen LogP contribution in [0, 0.1) is 0 Å². The Morgan fingerprint density at radius 2 is 1.94 bits per heavy atom. The van der Waals surface area contributed by atoms with Crippen molar-refractivity contribution in [1.29, 1.82) is 0 Å². The van der Waals surface area contributed by atoms with E-state index in [2.05, 4.69) is 20.2 Å². The topological polar surface area (TPSA) is 110 Å². The maximum absolute atomic E-state index is 12.6. The minimum atomic E-state index is -0.547. The number of amides is 2. The molecule has 178 valence electrons. The van der Waals surface area contributed by atoms with E-state index in [0.29, 0.717) is 57.7 Å². The van der Waals surface area contributed by atoms with Crippen molar-refractivity contribution >= 4 is 80.3 Å². The molecule has 5 rings (SSSR count). The average Bonchev–Trinajstić information content (AvgIpc) is 3.19. The molecule has 3 heterocycles. The van der Waals surface area contributed by atoms with E-state index in [4.69, 9.17) is 33.7 Å². The number of hydrogen-bond donors (Lipinski definition) is 2. The molecule has 2 aliphatic rings. The van der Waals surface area contributed by atoms with Gasteiger partial charge in [-0.2, -0.15) is 0 Å². The largest absolute Gasteiger partial charge is 0.378 e. The fourth-order valence-electron chi connectivity index (χ4n) is 3.92. The van der Waals surface area contributed by atoms with Gasteiger partial charge in [0.1, 0.15) is 5.69 Å². The predicted octanol–water partition coefficient (Wildman–Crippen LogP) is 4.37. The molecule has 8 nitrogen and oxygen atoms in total. The summed E-state index contributed by atoms with van der Waals surface area (Å²) in [6.45, 7) is 2.38. The number of halogens is 2. The summed E-state index contributed by atoms with van der Waals surface area (Å²) in [5.41, 5.74) is 8.62. The zero-order chi connectivity index (χ0) is 24.5. The number of nitrogens with one attached hydrogen (secondary N) is 1. The summed E-state index contributed by atoms with van der Waals surface area (Å²) in [7, 11) is 0. The number of aromatic nitrogens is 1. The molecule has 2 fully saturated rings. The lowest BCUT2D eigenvalue weighted by molar-refractivity contribution is -0.115. The van der Waals surface area contributed by atoms with Crippen LogP contribution in [-0.4, -0.2) is 48.3 Å². The number of nitrogens with two attached hydrogens (primary N) is 1. The van der Waals surface area contributed by atoms with Crippen molar-refractivity contribution in [3.63, 3.8) is 0 Å². The quantitative estimate of drug-likeness (QED) is 0.487. The number of primary amides is 1. The summed E-state index contributed by atoms with van der Waals surface area (Å²) >= 11 is 13.6. The molecule has 0 spiro atoms. The Balaban J connectivity index is 1.53. The number of anilines is 1. The number of aliphatic imine (C=N–C) groups is 1. The molecule has 0 unspecified atom stereocenters. The Morgan fingerprint density at radius 3 is 2.66 bits per heavy atom. The lowest BCUT2D eigenvalue weighted by atomic mass is 10.0. The minimum Gasteiger partial charge on any atom is -0.378 e. The van der Waals surface area contributed by atoms with Crippen LogP contribution in [0.4, 0.5) is 11.4 Å². The molecule has 0 radical (unpaired) electrons. The smallest absolute Gasteiger partial charge is 0.264 e. The van der Waals surface area contributed by atoms with Crippen molar-refractivity contribution in [1.82, 2.24) is 10.3 Å². The number of carbonyl (C=O) groups excluding carboxylic acids is 2. The Hall–Kier alpha value is -3.11. The predicted molar refractivity (Wildman–Crippen MR) is 141 cm³/mol. The molecule has 2 amide bonds. The van der Waals surface area contributed by atoms with Crippen LogP contribution < -0.4 is 16.0 Å². The summed E-state index contributed by atoms with van der Waals surface area (Å²) in [5, 5.41) is 4.68. The molecule has 0 aliphatic carbocycles. The number of benzene rings is 2. The third kappa shape index (κ3) is 4.85. The van der Waals surface area contributed by atoms with Crippen LogP contribution in [0.5, 0.6) is 0 Å². The van der Waals surface area contributed by atoms with Crippen molar-refractivity contribution in [3.05, 3.63) is 68.7 Å². The maximum Gasteiger partial charge on any atom is 0.264 e. The first-order chi connectivity index (χ1) is 16.9. The number of ether oxygens (including phenoxy) is 1. The van der Waals surface area contributed by atoms with Gasteiger partial charge in [-0.15, -0.1) is 0 Å². The summed E-state index contributed by atoms with van der Waals surface area (Å²) in [5.74, 6) is -0.830. The standard InChI is InChI=1S/C24H19Cl2N5O3S/c25-16-2-1-3-17(26)20(16)29-24-30-23(33)19(35-24)11-13-4-5-18-14(10-13)21(15(12-28-18)22(27)32)31-6-8-34-9-7-31/h1-5,10-12H,6-9H2,(H2,27,32)(H,29,30,33)/b19-11-. The van der Waals surface area contributed by atoms with Crippen LogP contribution in [-0.2, 0) is 9.53 Å². The van der Waals surface area contributed by atoms with E-state index in [1.807, 2.05) is 18.2 Å². The fraction of sp³-hybridized carbons (Fsp3) is 0.167. The van der Waals surface area contributed by atoms with Crippen LogP contribution in [0.2, 0.25) is 10.0 Å². The molecule has 3 N–H and O–H groups in total. The molecule has 2 saturated heterocycles. The van der Waals surface area contributed by atoms with Crippen molar-refractivity contribution in [2.75, 3.05) is 31.2 Å². The van der Waals surface area contributed by atoms with E-state index in [1.165, 1.54) is 18.0 Å². The van der Waals surface area contributed by atoms with E-state index < -0.39 is 5.91 Å². The van der Waals surface area contributed by atoms with Gasteiger partial charge in [0.25, 0.3) is 11.8 Å². The van der Waals surface area contributed by atoms with Crippen LogP contribution >= 0.6 is 35.0 Å². The van der Waals surface area contributed by atoms with Crippen LogP contribution in [0.3, 0.4) is 0 Å². The average molecular weight is 528 g/mol. The van der Waals surface area contributed by atoms with Crippen molar-refractivity contribution in [2.24, 2.45) is 10.7 Å². The number of pyridine rings is 1. The Bertz CT molecular complexity index is 1400. The number of fused-ring (bicyclic) bond motifs is 1.